The third-order valence-electron chi connectivity index (χ3n) is 7.19. The van der Waals surface area contributed by atoms with E-state index in [2.05, 4.69) is 15.5 Å². The van der Waals surface area contributed by atoms with Gasteiger partial charge >= 0.3 is 0 Å². The largest absolute Gasteiger partial charge is 0.391 e. The Kier molecular flexibility index (Phi) is 8.56. The van der Waals surface area contributed by atoms with Crippen molar-refractivity contribution in [3.63, 3.8) is 0 Å². The predicted octanol–water partition coefficient (Wildman–Crippen LogP) is 4.93. The van der Waals surface area contributed by atoms with E-state index >= 15 is 0 Å². The Morgan fingerprint density at radius 3 is 2.49 bits per heavy atom. The van der Waals surface area contributed by atoms with Crippen molar-refractivity contribution >= 4 is 23.2 Å². The van der Waals surface area contributed by atoms with Crippen LogP contribution >= 0.6 is 11.3 Å². The molecule has 2 N–H and O–H groups in total. The second-order valence-corrected chi connectivity index (χ2v) is 12.4. The molecule has 10 heteroatoms. The van der Waals surface area contributed by atoms with Crippen LogP contribution in [0.25, 0.3) is 10.4 Å². The van der Waals surface area contributed by atoms with Crippen molar-refractivity contribution in [2.24, 2.45) is 5.92 Å². The second kappa shape index (κ2) is 11.6. The number of halogens is 1. The van der Waals surface area contributed by atoms with Gasteiger partial charge in [-0.15, -0.1) is 11.3 Å². The fourth-order valence-corrected chi connectivity index (χ4v) is 5.75. The molecule has 1 aromatic carbocycles. The van der Waals surface area contributed by atoms with Crippen LogP contribution in [0.15, 0.2) is 40.4 Å². The second-order valence-electron chi connectivity index (χ2n) is 11.6. The quantitative estimate of drug-likeness (QED) is 0.407. The van der Waals surface area contributed by atoms with Gasteiger partial charge < -0.3 is 19.8 Å². The van der Waals surface area contributed by atoms with Crippen molar-refractivity contribution in [2.45, 2.75) is 77.5 Å². The number of aliphatic hydroxyl groups excluding tert-OH is 1. The fraction of sp³-hybridized carbons (Fsp3) is 0.517. The number of rotatable bonds is 8. The summed E-state index contributed by atoms with van der Waals surface area (Å²) in [6.45, 7) is 11.0. The van der Waals surface area contributed by atoms with E-state index in [0.29, 0.717) is 11.3 Å². The summed E-state index contributed by atoms with van der Waals surface area (Å²) < 4.78 is 19.7. The van der Waals surface area contributed by atoms with Gasteiger partial charge in [-0.1, -0.05) is 64.0 Å². The number of aryl methyl sites for hydroxylation is 1. The minimum atomic E-state index is -0.924. The first-order valence-electron chi connectivity index (χ1n) is 13.2. The van der Waals surface area contributed by atoms with Gasteiger partial charge in [-0.2, -0.15) is 0 Å². The zero-order valence-corrected chi connectivity index (χ0v) is 24.1. The summed E-state index contributed by atoms with van der Waals surface area (Å²) in [6, 6.07) is 7.33. The van der Waals surface area contributed by atoms with Crippen molar-refractivity contribution < 1.29 is 23.6 Å². The SMILES string of the molecule is Cc1ncsc1-c1ccc([C@H](CF)NC(=O)[C@@H]2C[C@@H](O)CN2C(=O)[C@@H](c2cc(C(C)(C)C)no2)C(C)C)cc1. The number of nitrogens with one attached hydrogen (secondary N) is 1. The molecule has 39 heavy (non-hydrogen) atoms. The average molecular weight is 557 g/mol. The summed E-state index contributed by atoms with van der Waals surface area (Å²) in [6.07, 6.45) is -0.780. The lowest BCUT2D eigenvalue weighted by Crippen LogP contribution is -2.49. The number of amides is 2. The van der Waals surface area contributed by atoms with Gasteiger partial charge in [0.05, 0.1) is 33.9 Å². The first-order chi connectivity index (χ1) is 18.4. The van der Waals surface area contributed by atoms with Gasteiger partial charge in [0, 0.05) is 24.4 Å². The topological polar surface area (TPSA) is 109 Å². The Bertz CT molecular complexity index is 1300. The lowest BCUT2D eigenvalue weighted by molar-refractivity contribution is -0.141. The highest BCUT2D eigenvalue weighted by Crippen LogP contribution is 2.34. The third kappa shape index (κ3) is 6.22. The molecule has 4 atom stereocenters. The van der Waals surface area contributed by atoms with Crippen LogP contribution in [-0.4, -0.2) is 57.3 Å². The minimum absolute atomic E-state index is 0.0175. The maximum absolute atomic E-state index is 14.1. The molecule has 210 valence electrons. The summed E-state index contributed by atoms with van der Waals surface area (Å²) in [7, 11) is 0. The molecular weight excluding hydrogens is 519 g/mol. The molecule has 1 aliphatic rings. The maximum Gasteiger partial charge on any atom is 0.243 e. The number of aromatic nitrogens is 2. The molecule has 1 aliphatic heterocycles. The van der Waals surface area contributed by atoms with Gasteiger partial charge in [-0.25, -0.2) is 9.37 Å². The molecule has 2 amide bonds. The minimum Gasteiger partial charge on any atom is -0.391 e. The van der Waals surface area contributed by atoms with Crippen LogP contribution < -0.4 is 5.32 Å². The summed E-state index contributed by atoms with van der Waals surface area (Å²) in [5, 5.41) is 17.4. The van der Waals surface area contributed by atoms with E-state index in [9.17, 15) is 19.1 Å². The number of thiazole rings is 1. The van der Waals surface area contributed by atoms with Crippen LogP contribution in [0.4, 0.5) is 4.39 Å². The van der Waals surface area contributed by atoms with E-state index in [1.165, 1.54) is 16.2 Å². The van der Waals surface area contributed by atoms with Gasteiger partial charge in [0.15, 0.2) is 0 Å². The first-order valence-corrected chi connectivity index (χ1v) is 14.1. The van der Waals surface area contributed by atoms with E-state index in [1.54, 1.807) is 23.7 Å². The van der Waals surface area contributed by atoms with Crippen LogP contribution in [0.1, 0.15) is 75.7 Å². The monoisotopic (exact) mass is 556 g/mol. The number of benzene rings is 1. The highest BCUT2D eigenvalue weighted by atomic mass is 32.1. The molecule has 0 aliphatic carbocycles. The van der Waals surface area contributed by atoms with Crippen LogP contribution in [-0.2, 0) is 15.0 Å². The molecule has 3 heterocycles. The van der Waals surface area contributed by atoms with Crippen molar-refractivity contribution in [3.05, 3.63) is 58.6 Å². The Balaban J connectivity index is 1.51. The van der Waals surface area contributed by atoms with Crippen molar-refractivity contribution in [1.82, 2.24) is 20.4 Å². The van der Waals surface area contributed by atoms with E-state index in [0.717, 1.165) is 21.8 Å². The molecular formula is C29H37FN4O4S. The number of nitrogens with zero attached hydrogens (tertiary/aromatic N) is 3. The lowest BCUT2D eigenvalue weighted by atomic mass is 9.88. The molecule has 0 saturated carbocycles. The molecule has 4 rings (SSSR count). The van der Waals surface area contributed by atoms with Crippen LogP contribution in [0.3, 0.4) is 0 Å². The maximum atomic E-state index is 14.1. The molecule has 0 radical (unpaired) electrons. The van der Waals surface area contributed by atoms with Gasteiger partial charge in [0.25, 0.3) is 0 Å². The van der Waals surface area contributed by atoms with E-state index in [1.807, 2.05) is 53.7 Å². The standard InChI is InChI=1S/C29H37FN4O4S/c1-16(2)25(23-12-24(33-38-23)29(4,5)6)28(37)34-14-20(35)11-22(34)27(36)32-21(13-30)18-7-9-19(10-8-18)26-17(3)31-15-39-26/h7-10,12,15-16,20-22,25,35H,11,13-14H2,1-6H3,(H,32,36)/t20-,21+,22+,25-/m1/s1. The molecule has 0 unspecified atom stereocenters. The van der Waals surface area contributed by atoms with Crippen molar-refractivity contribution in [1.29, 1.82) is 0 Å². The van der Waals surface area contributed by atoms with Gasteiger partial charge in [0.1, 0.15) is 24.4 Å². The molecule has 2 aromatic heterocycles. The Morgan fingerprint density at radius 1 is 1.26 bits per heavy atom. The number of β-amino-alcohol motifs (C(OH)–C–C–N with tert-alkyl or cyclic N) is 1. The number of hydrogen-bond donors (Lipinski definition) is 2. The highest BCUT2D eigenvalue weighted by Gasteiger charge is 2.44. The Labute approximate surface area is 232 Å². The summed E-state index contributed by atoms with van der Waals surface area (Å²) in [5.41, 5.74) is 4.77. The van der Waals surface area contributed by atoms with E-state index in [-0.39, 0.29) is 30.2 Å². The molecule has 0 bridgehead atoms. The highest BCUT2D eigenvalue weighted by molar-refractivity contribution is 7.13. The zero-order chi connectivity index (χ0) is 28.5. The average Bonchev–Trinajstić information content (AvgIpc) is 3.62. The number of alkyl halides is 1. The molecule has 0 spiro atoms. The molecule has 1 saturated heterocycles. The third-order valence-corrected chi connectivity index (χ3v) is 8.17. The predicted molar refractivity (Wildman–Crippen MR) is 148 cm³/mol. The van der Waals surface area contributed by atoms with E-state index < -0.39 is 36.7 Å². The fourth-order valence-electron chi connectivity index (χ4n) is 4.93. The molecule has 8 nitrogen and oxygen atoms in total. The molecule has 3 aromatic rings. The van der Waals surface area contributed by atoms with Gasteiger partial charge in [0.2, 0.25) is 11.8 Å². The summed E-state index contributed by atoms with van der Waals surface area (Å²) >= 11 is 1.53. The number of likely N-dealkylation sites (tertiary alicyclic amines) is 1. The van der Waals surface area contributed by atoms with Crippen LogP contribution in [0.2, 0.25) is 0 Å². The summed E-state index contributed by atoms with van der Waals surface area (Å²) in [5.74, 6) is -1.20. The Morgan fingerprint density at radius 2 is 1.95 bits per heavy atom. The van der Waals surface area contributed by atoms with Gasteiger partial charge in [-0.3, -0.25) is 9.59 Å². The number of hydrogen-bond acceptors (Lipinski definition) is 7. The molecule has 1 fully saturated rings. The first kappa shape index (κ1) is 28.9. The normalized spacial score (nSPS) is 19.4. The number of carbonyl (C=O) groups is 2. The summed E-state index contributed by atoms with van der Waals surface area (Å²) in [4.78, 5) is 33.9. The van der Waals surface area contributed by atoms with Crippen LogP contribution in [0.5, 0.6) is 0 Å². The Hall–Kier alpha value is -3.11. The zero-order valence-electron chi connectivity index (χ0n) is 23.3. The smallest absolute Gasteiger partial charge is 0.243 e. The number of aliphatic hydroxyl groups is 1. The van der Waals surface area contributed by atoms with Crippen molar-refractivity contribution in [2.75, 3.05) is 13.2 Å². The van der Waals surface area contributed by atoms with Crippen LogP contribution in [0, 0.1) is 12.8 Å². The lowest BCUT2D eigenvalue weighted by Gasteiger charge is -2.29. The van der Waals surface area contributed by atoms with E-state index in [4.69, 9.17) is 4.52 Å². The van der Waals surface area contributed by atoms with Crippen molar-refractivity contribution in [3.8, 4) is 10.4 Å². The van der Waals surface area contributed by atoms with Gasteiger partial charge in [-0.05, 0) is 24.0 Å². The number of carbonyl (C=O) groups excluding carboxylic acids is 2.